The van der Waals surface area contributed by atoms with Crippen LogP contribution in [0.25, 0.3) is 0 Å². The number of hydrogen-bond acceptors (Lipinski definition) is 0. The van der Waals surface area contributed by atoms with E-state index >= 15 is 0 Å². The van der Waals surface area contributed by atoms with E-state index in [2.05, 4.69) is 0 Å². The summed E-state index contributed by atoms with van der Waals surface area (Å²) in [4.78, 5) is 0. The molecule has 0 fully saturated rings. The van der Waals surface area contributed by atoms with Crippen molar-refractivity contribution >= 4 is 54.5 Å². The standard InChI is InChI=1S/Ag.Cu.H2S.H2Se.Sn.Zn.2H/h;;2*1H2;;;;. The van der Waals surface area contributed by atoms with E-state index in [1.165, 1.54) is 0 Å². The second kappa shape index (κ2) is 38.7. The first kappa shape index (κ1) is 55.4. The predicted molar refractivity (Wildman–Crippen MR) is 27.5 cm³/mol. The molecular weight excluding hydrogens is 467 g/mol. The monoisotopic (exact) mass is 472 g/mol. The minimum atomic E-state index is 0. The van der Waals surface area contributed by atoms with Crippen molar-refractivity contribution in [3.63, 3.8) is 0 Å². The second-order valence-corrected chi connectivity index (χ2v) is 0. The topological polar surface area (TPSA) is 0 Å². The maximum atomic E-state index is 0. The molecule has 0 saturated heterocycles. The van der Waals surface area contributed by atoms with E-state index in [1.807, 2.05) is 0 Å². The van der Waals surface area contributed by atoms with Gasteiger partial charge in [-0.25, -0.2) is 0 Å². The molecule has 4 radical (unpaired) electrons. The Balaban J connectivity index is 0. The van der Waals surface area contributed by atoms with Crippen LogP contribution in [0.4, 0.5) is 0 Å². The van der Waals surface area contributed by atoms with Crippen molar-refractivity contribution in [1.82, 2.24) is 0 Å². The number of rotatable bonds is 0. The first-order valence-electron chi connectivity index (χ1n) is 0. The third-order valence-electron chi connectivity index (χ3n) is 0. The molecule has 0 aromatic carbocycles. The molecule has 0 saturated carbocycles. The molecular formula is H6AgCuSSeSnZn. The smallest absolute Gasteiger partial charge is 0 e. The van der Waals surface area contributed by atoms with Gasteiger partial charge < -0.3 is 0 Å². The van der Waals surface area contributed by atoms with Crippen LogP contribution in [0, 0.1) is 0 Å². The summed E-state index contributed by atoms with van der Waals surface area (Å²) in [5, 5.41) is 0. The molecule has 0 nitrogen and oxygen atoms in total. The molecule has 0 aliphatic rings. The largest absolute Gasteiger partial charge is 0 e. The van der Waals surface area contributed by atoms with Crippen LogP contribution in [-0.2, 0) is 58.9 Å². The summed E-state index contributed by atoms with van der Waals surface area (Å²) >= 11 is 0. The minimum Gasteiger partial charge on any atom is 0 e. The molecule has 0 aromatic rings. The molecule has 6 heavy (non-hydrogen) atoms. The Morgan fingerprint density at radius 2 is 1.00 bits per heavy atom. The zero-order chi connectivity index (χ0) is 0. The summed E-state index contributed by atoms with van der Waals surface area (Å²) in [5.74, 6) is 0. The number of hydrogen-bond donors (Lipinski definition) is 0. The Bertz CT molecular complexity index is 15.5. The van der Waals surface area contributed by atoms with Crippen LogP contribution in [-0.4, -0.2) is 41.0 Å². The van der Waals surface area contributed by atoms with Gasteiger partial charge in [0.25, 0.3) is 0 Å². The molecule has 0 unspecified atom stereocenters. The van der Waals surface area contributed by atoms with Crippen molar-refractivity contribution < 1.29 is 58.9 Å². The molecule has 0 heterocycles. The molecule has 0 atom stereocenters. The maximum Gasteiger partial charge on any atom is 0 e. The van der Waals surface area contributed by atoms with Crippen LogP contribution < -0.4 is 0 Å². The maximum absolute atomic E-state index is 0. The van der Waals surface area contributed by atoms with Gasteiger partial charge in [0.15, 0.2) is 0 Å². The van der Waals surface area contributed by atoms with Crippen molar-refractivity contribution in [3.8, 4) is 0 Å². The van der Waals surface area contributed by atoms with Gasteiger partial charge in [0.2, 0.25) is 0 Å². The van der Waals surface area contributed by atoms with Crippen molar-refractivity contribution in [1.29, 1.82) is 0 Å². The van der Waals surface area contributed by atoms with Gasteiger partial charge in [-0.3, -0.25) is 0 Å². The quantitative estimate of drug-likeness (QED) is 0.368. The third-order valence-corrected chi connectivity index (χ3v) is 0. The van der Waals surface area contributed by atoms with Gasteiger partial charge >= 0.3 is 41.0 Å². The molecule has 0 N–H and O–H groups in total. The Hall–Kier alpha value is 3.55. The Morgan fingerprint density at radius 1 is 1.00 bits per heavy atom. The molecule has 0 amide bonds. The van der Waals surface area contributed by atoms with E-state index in [-0.39, 0.29) is 113 Å². The van der Waals surface area contributed by atoms with Gasteiger partial charge in [-0.1, -0.05) is 0 Å². The third kappa shape index (κ3) is 25.7. The second-order valence-electron chi connectivity index (χ2n) is 0. The van der Waals surface area contributed by atoms with E-state index < -0.39 is 0 Å². The van der Waals surface area contributed by atoms with Crippen molar-refractivity contribution in [2.45, 2.75) is 0 Å². The summed E-state index contributed by atoms with van der Waals surface area (Å²) in [5.41, 5.74) is 0. The first-order chi connectivity index (χ1) is 0. The van der Waals surface area contributed by atoms with E-state index in [0.717, 1.165) is 0 Å². The van der Waals surface area contributed by atoms with Gasteiger partial charge in [-0.05, 0) is 0 Å². The zero-order valence-electron chi connectivity index (χ0n) is 3.02. The molecule has 0 rings (SSSR count). The van der Waals surface area contributed by atoms with Gasteiger partial charge in [-0.15, -0.1) is 0 Å². The summed E-state index contributed by atoms with van der Waals surface area (Å²) < 4.78 is 0. The molecule has 0 aliphatic heterocycles. The van der Waals surface area contributed by atoms with Gasteiger partial charge in [0.1, 0.15) is 0 Å². The minimum absolute atomic E-state index is 0. The molecule has 6 heteroatoms. The SMILES string of the molecule is S.[Ag].[Cu].[SeH2].[SnH2].[Zn]. The molecule has 46 valence electrons. The Kier molecular flexibility index (Phi) is 357. The molecule has 0 aromatic heterocycles. The summed E-state index contributed by atoms with van der Waals surface area (Å²) in [7, 11) is 0. The van der Waals surface area contributed by atoms with Crippen molar-refractivity contribution in [3.05, 3.63) is 0 Å². The van der Waals surface area contributed by atoms with Crippen molar-refractivity contribution in [2.75, 3.05) is 0 Å². The van der Waals surface area contributed by atoms with Crippen LogP contribution in [0.5, 0.6) is 0 Å². The van der Waals surface area contributed by atoms with E-state index in [9.17, 15) is 0 Å². The molecule has 0 aliphatic carbocycles. The van der Waals surface area contributed by atoms with Crippen LogP contribution in [0.3, 0.4) is 0 Å². The van der Waals surface area contributed by atoms with E-state index in [1.54, 1.807) is 0 Å². The fourth-order valence-corrected chi connectivity index (χ4v) is 0. The normalized spacial score (nSPS) is 0. The predicted octanol–water partition coefficient (Wildman–Crippen LogP) is -1.73. The average Bonchev–Trinajstić information content (AvgIpc) is 0. The molecule has 0 spiro atoms. The van der Waals surface area contributed by atoms with Gasteiger partial charge in [-0.2, -0.15) is 13.5 Å². The molecule has 0 bridgehead atoms. The van der Waals surface area contributed by atoms with Gasteiger partial charge in [0.05, 0.1) is 0 Å². The van der Waals surface area contributed by atoms with Crippen LogP contribution in [0.15, 0.2) is 0 Å². The van der Waals surface area contributed by atoms with Crippen molar-refractivity contribution in [2.24, 2.45) is 0 Å². The van der Waals surface area contributed by atoms with Crippen LogP contribution in [0.1, 0.15) is 0 Å². The Morgan fingerprint density at radius 3 is 1.00 bits per heavy atom. The summed E-state index contributed by atoms with van der Waals surface area (Å²) in [6.07, 6.45) is 0. The van der Waals surface area contributed by atoms with E-state index in [0.29, 0.717) is 0 Å². The van der Waals surface area contributed by atoms with Crippen LogP contribution in [0.2, 0.25) is 0 Å². The fraction of sp³-hybridized carbons (Fsp3) is 0. The Labute approximate surface area is 111 Å². The fourth-order valence-electron chi connectivity index (χ4n) is 0. The summed E-state index contributed by atoms with van der Waals surface area (Å²) in [6, 6.07) is 0. The van der Waals surface area contributed by atoms with Gasteiger partial charge in [0, 0.05) is 58.9 Å². The van der Waals surface area contributed by atoms with E-state index in [4.69, 9.17) is 0 Å². The van der Waals surface area contributed by atoms with Crippen LogP contribution >= 0.6 is 13.5 Å². The summed E-state index contributed by atoms with van der Waals surface area (Å²) in [6.45, 7) is 0. The zero-order valence-corrected chi connectivity index (χ0v) is 15.5. The first-order valence-corrected chi connectivity index (χ1v) is 0. The average molecular weight is 473 g/mol.